The highest BCUT2D eigenvalue weighted by atomic mass is 32.1. The lowest BCUT2D eigenvalue weighted by atomic mass is 10.1. The second-order valence-corrected chi connectivity index (χ2v) is 6.26. The van der Waals surface area contributed by atoms with Crippen LogP contribution >= 0.6 is 22.7 Å². The van der Waals surface area contributed by atoms with E-state index < -0.39 is 0 Å². The van der Waals surface area contributed by atoms with Crippen LogP contribution < -0.4 is 5.32 Å². The molecule has 1 nitrogen and oxygen atoms in total. The fourth-order valence-electron chi connectivity index (χ4n) is 1.81. The lowest BCUT2D eigenvalue weighted by Crippen LogP contribution is -2.15. The molecule has 0 saturated carbocycles. The molecule has 1 atom stereocenters. The standard InChI is InChI=1S/C13H17NS2/c1-10-5-8-13(16-10)12(14-2)7-6-11-4-3-9-15-11/h3-5,8-9,12,14H,6-7H2,1-2H3. The van der Waals surface area contributed by atoms with E-state index in [-0.39, 0.29) is 0 Å². The number of hydrogen-bond donors (Lipinski definition) is 1. The van der Waals surface area contributed by atoms with Gasteiger partial charge in [-0.25, -0.2) is 0 Å². The predicted octanol–water partition coefficient (Wildman–Crippen LogP) is 4.01. The number of hydrogen-bond acceptors (Lipinski definition) is 3. The first-order valence-corrected chi connectivity index (χ1v) is 7.25. The molecule has 0 spiro atoms. The van der Waals surface area contributed by atoms with Crippen molar-refractivity contribution in [2.75, 3.05) is 7.05 Å². The van der Waals surface area contributed by atoms with Crippen LogP contribution in [0.3, 0.4) is 0 Å². The van der Waals surface area contributed by atoms with Crippen molar-refractivity contribution < 1.29 is 0 Å². The zero-order chi connectivity index (χ0) is 11.4. The Hall–Kier alpha value is -0.640. The summed E-state index contributed by atoms with van der Waals surface area (Å²) in [4.78, 5) is 4.33. The molecule has 0 fully saturated rings. The van der Waals surface area contributed by atoms with Gasteiger partial charge in [0.15, 0.2) is 0 Å². The van der Waals surface area contributed by atoms with E-state index >= 15 is 0 Å². The molecule has 0 amide bonds. The molecule has 0 aliphatic carbocycles. The van der Waals surface area contributed by atoms with Crippen molar-refractivity contribution in [2.24, 2.45) is 0 Å². The Kier molecular flexibility index (Phi) is 4.16. The first-order chi connectivity index (χ1) is 7.79. The summed E-state index contributed by atoms with van der Waals surface area (Å²) in [7, 11) is 2.05. The van der Waals surface area contributed by atoms with Gasteiger partial charge in [0.05, 0.1) is 0 Å². The minimum absolute atomic E-state index is 0.501. The van der Waals surface area contributed by atoms with E-state index in [1.165, 1.54) is 27.5 Å². The average molecular weight is 251 g/mol. The SMILES string of the molecule is CNC(CCc1cccs1)c1ccc(C)s1. The number of aryl methyl sites for hydroxylation is 2. The topological polar surface area (TPSA) is 12.0 Å². The van der Waals surface area contributed by atoms with Gasteiger partial charge in [-0.15, -0.1) is 22.7 Å². The minimum atomic E-state index is 0.501. The van der Waals surface area contributed by atoms with Crippen molar-refractivity contribution in [1.29, 1.82) is 0 Å². The van der Waals surface area contributed by atoms with E-state index in [0.29, 0.717) is 6.04 Å². The summed E-state index contributed by atoms with van der Waals surface area (Å²) in [6, 6.07) is 9.30. The first-order valence-electron chi connectivity index (χ1n) is 5.55. The van der Waals surface area contributed by atoms with Crippen molar-refractivity contribution in [3.8, 4) is 0 Å². The van der Waals surface area contributed by atoms with Crippen LogP contribution in [-0.2, 0) is 6.42 Å². The predicted molar refractivity (Wildman–Crippen MR) is 73.5 cm³/mol. The Balaban J connectivity index is 1.96. The highest BCUT2D eigenvalue weighted by Crippen LogP contribution is 2.26. The summed E-state index contributed by atoms with van der Waals surface area (Å²) in [5, 5.41) is 5.56. The lowest BCUT2D eigenvalue weighted by molar-refractivity contribution is 0.560. The smallest absolute Gasteiger partial charge is 0.0415 e. The van der Waals surface area contributed by atoms with Crippen LogP contribution in [0.25, 0.3) is 0 Å². The molecule has 1 N–H and O–H groups in total. The summed E-state index contributed by atoms with van der Waals surface area (Å²) in [6.07, 6.45) is 2.34. The molecule has 0 aliphatic rings. The van der Waals surface area contributed by atoms with Crippen molar-refractivity contribution in [3.63, 3.8) is 0 Å². The van der Waals surface area contributed by atoms with Gasteiger partial charge in [-0.05, 0) is 50.4 Å². The lowest BCUT2D eigenvalue weighted by Gasteiger charge is -2.13. The van der Waals surface area contributed by atoms with Crippen LogP contribution in [0.4, 0.5) is 0 Å². The van der Waals surface area contributed by atoms with E-state index in [2.05, 4.69) is 41.9 Å². The van der Waals surface area contributed by atoms with Gasteiger partial charge in [-0.3, -0.25) is 0 Å². The summed E-state index contributed by atoms with van der Waals surface area (Å²) >= 11 is 3.75. The van der Waals surface area contributed by atoms with Crippen LogP contribution in [0.15, 0.2) is 29.6 Å². The molecule has 2 heterocycles. The van der Waals surface area contributed by atoms with E-state index in [1.54, 1.807) is 0 Å². The largest absolute Gasteiger partial charge is 0.312 e. The van der Waals surface area contributed by atoms with Crippen LogP contribution in [-0.4, -0.2) is 7.05 Å². The molecule has 3 heteroatoms. The van der Waals surface area contributed by atoms with Crippen LogP contribution in [0.5, 0.6) is 0 Å². The quantitative estimate of drug-likeness (QED) is 0.846. The zero-order valence-electron chi connectivity index (χ0n) is 9.69. The molecule has 2 aromatic rings. The third-order valence-electron chi connectivity index (χ3n) is 2.71. The van der Waals surface area contributed by atoms with Crippen LogP contribution in [0.1, 0.15) is 27.1 Å². The minimum Gasteiger partial charge on any atom is -0.312 e. The second-order valence-electron chi connectivity index (χ2n) is 3.91. The maximum absolute atomic E-state index is 3.41. The van der Waals surface area contributed by atoms with Crippen molar-refractivity contribution >= 4 is 22.7 Å². The van der Waals surface area contributed by atoms with Crippen molar-refractivity contribution in [3.05, 3.63) is 44.3 Å². The molecule has 2 aromatic heterocycles. The van der Waals surface area contributed by atoms with Crippen molar-refractivity contribution in [1.82, 2.24) is 5.32 Å². The Labute approximate surface area is 105 Å². The molecular weight excluding hydrogens is 234 g/mol. The number of rotatable bonds is 5. The summed E-state index contributed by atoms with van der Waals surface area (Å²) < 4.78 is 0. The molecule has 1 unspecified atom stereocenters. The highest BCUT2D eigenvalue weighted by Gasteiger charge is 2.11. The third kappa shape index (κ3) is 2.94. The molecule has 0 bridgehead atoms. The number of thiophene rings is 2. The molecule has 2 rings (SSSR count). The van der Waals surface area contributed by atoms with E-state index in [9.17, 15) is 0 Å². The zero-order valence-corrected chi connectivity index (χ0v) is 11.3. The van der Waals surface area contributed by atoms with Crippen LogP contribution in [0, 0.1) is 6.92 Å². The Morgan fingerprint density at radius 1 is 1.31 bits per heavy atom. The highest BCUT2D eigenvalue weighted by molar-refractivity contribution is 7.12. The van der Waals surface area contributed by atoms with Gasteiger partial charge in [0.2, 0.25) is 0 Å². The fraction of sp³-hybridized carbons (Fsp3) is 0.385. The van der Waals surface area contributed by atoms with Gasteiger partial charge in [0.25, 0.3) is 0 Å². The molecule has 86 valence electrons. The normalized spacial score (nSPS) is 12.9. The number of nitrogens with one attached hydrogen (secondary N) is 1. The summed E-state index contributed by atoms with van der Waals surface area (Å²) in [5.74, 6) is 0. The average Bonchev–Trinajstić information content (AvgIpc) is 2.91. The van der Waals surface area contributed by atoms with Gasteiger partial charge in [-0.2, -0.15) is 0 Å². The second kappa shape index (κ2) is 5.62. The first kappa shape index (κ1) is 11.8. The third-order valence-corrected chi connectivity index (χ3v) is 4.76. The molecule has 0 aromatic carbocycles. The maximum atomic E-state index is 3.41. The van der Waals surface area contributed by atoms with Crippen LogP contribution in [0.2, 0.25) is 0 Å². The van der Waals surface area contributed by atoms with Gasteiger partial charge >= 0.3 is 0 Å². The summed E-state index contributed by atoms with van der Waals surface area (Å²) in [5.41, 5.74) is 0. The van der Waals surface area contributed by atoms with E-state index in [4.69, 9.17) is 0 Å². The Morgan fingerprint density at radius 2 is 2.19 bits per heavy atom. The Morgan fingerprint density at radius 3 is 2.75 bits per heavy atom. The Bertz CT molecular complexity index is 417. The van der Waals surface area contributed by atoms with Gasteiger partial charge < -0.3 is 5.32 Å². The molecule has 0 radical (unpaired) electrons. The van der Waals surface area contributed by atoms with Gasteiger partial charge in [0, 0.05) is 20.7 Å². The monoisotopic (exact) mass is 251 g/mol. The van der Waals surface area contributed by atoms with E-state index in [0.717, 1.165) is 0 Å². The molecule has 0 aliphatic heterocycles. The molecular formula is C13H17NS2. The fourth-order valence-corrected chi connectivity index (χ4v) is 3.56. The van der Waals surface area contributed by atoms with Gasteiger partial charge in [-0.1, -0.05) is 6.07 Å². The van der Waals surface area contributed by atoms with Gasteiger partial charge in [0.1, 0.15) is 0 Å². The van der Waals surface area contributed by atoms with E-state index in [1.807, 2.05) is 29.7 Å². The summed E-state index contributed by atoms with van der Waals surface area (Å²) in [6.45, 7) is 2.17. The van der Waals surface area contributed by atoms with Crippen molar-refractivity contribution in [2.45, 2.75) is 25.8 Å². The molecule has 16 heavy (non-hydrogen) atoms. The maximum Gasteiger partial charge on any atom is 0.0415 e. The molecule has 0 saturated heterocycles.